The zero-order chi connectivity index (χ0) is 12.7. The number of halogens is 1. The Morgan fingerprint density at radius 2 is 2.18 bits per heavy atom. The average Bonchev–Trinajstić information content (AvgIpc) is 2.32. The molecule has 0 spiro atoms. The lowest BCUT2D eigenvalue weighted by Crippen LogP contribution is -2.39. The highest BCUT2D eigenvalue weighted by atomic mass is 79.9. The minimum atomic E-state index is 0.251. The monoisotopic (exact) mass is 302 g/mol. The van der Waals surface area contributed by atoms with Crippen LogP contribution in [-0.2, 0) is 9.47 Å². The second kappa shape index (κ2) is 7.63. The summed E-state index contributed by atoms with van der Waals surface area (Å²) >= 11 is 3.52. The number of hydrogen-bond donors (Lipinski definition) is 0. The number of ether oxygens (including phenoxy) is 2. The Kier molecular flexibility index (Phi) is 6.47. The molecule has 0 saturated carbocycles. The van der Waals surface area contributed by atoms with E-state index in [2.05, 4.69) is 32.7 Å². The van der Waals surface area contributed by atoms with Crippen molar-refractivity contribution in [3.63, 3.8) is 0 Å². The smallest absolute Gasteiger partial charge is 0.143 e. The summed E-state index contributed by atoms with van der Waals surface area (Å²) in [5, 5.41) is 0. The van der Waals surface area contributed by atoms with Gasteiger partial charge in [0.1, 0.15) is 5.82 Å². The van der Waals surface area contributed by atoms with Gasteiger partial charge in [0.05, 0.1) is 23.7 Å². The van der Waals surface area contributed by atoms with Crippen LogP contribution in [0.25, 0.3) is 0 Å². The quantitative estimate of drug-likeness (QED) is 0.774. The van der Waals surface area contributed by atoms with Gasteiger partial charge in [0.25, 0.3) is 0 Å². The fourth-order valence-corrected chi connectivity index (χ4v) is 2.13. The summed E-state index contributed by atoms with van der Waals surface area (Å²) in [4.78, 5) is 6.58. The molecule has 1 aromatic rings. The Balaban J connectivity index is 2.85. The third-order valence-electron chi connectivity index (χ3n) is 2.49. The summed E-state index contributed by atoms with van der Waals surface area (Å²) in [5.41, 5.74) is 0. The first-order valence-electron chi connectivity index (χ1n) is 5.55. The van der Waals surface area contributed by atoms with Crippen LogP contribution in [0.4, 0.5) is 5.82 Å². The van der Waals surface area contributed by atoms with Gasteiger partial charge >= 0.3 is 0 Å². The Hall–Kier alpha value is -0.650. The van der Waals surface area contributed by atoms with E-state index in [0.717, 1.165) is 16.8 Å². The summed E-state index contributed by atoms with van der Waals surface area (Å²) < 4.78 is 11.3. The summed E-state index contributed by atoms with van der Waals surface area (Å²) in [6.07, 6.45) is 1.79. The second-order valence-corrected chi connectivity index (χ2v) is 4.65. The maximum absolute atomic E-state index is 5.20. The van der Waals surface area contributed by atoms with Crippen molar-refractivity contribution in [1.29, 1.82) is 0 Å². The fraction of sp³-hybridized carbons (Fsp3) is 0.583. The molecule has 1 rings (SSSR count). The van der Waals surface area contributed by atoms with Gasteiger partial charge in [0.15, 0.2) is 0 Å². The van der Waals surface area contributed by atoms with Gasteiger partial charge in [0, 0.05) is 27.0 Å². The normalized spacial score (nSPS) is 12.5. The number of hydrogen-bond acceptors (Lipinski definition) is 4. The first-order valence-corrected chi connectivity index (χ1v) is 6.35. The minimum absolute atomic E-state index is 0.251. The van der Waals surface area contributed by atoms with Crippen LogP contribution in [0.3, 0.4) is 0 Å². The molecule has 5 heteroatoms. The second-order valence-electron chi connectivity index (χ2n) is 3.80. The molecule has 0 saturated heterocycles. The van der Waals surface area contributed by atoms with Crippen molar-refractivity contribution in [3.05, 3.63) is 22.8 Å². The SMILES string of the molecule is COCCN(c1ncccc1Br)C(C)COC. The van der Waals surface area contributed by atoms with Crippen molar-refractivity contribution >= 4 is 21.7 Å². The predicted octanol–water partition coefficient (Wildman–Crippen LogP) is 2.33. The minimum Gasteiger partial charge on any atom is -0.383 e. The van der Waals surface area contributed by atoms with Gasteiger partial charge in [-0.15, -0.1) is 0 Å². The molecule has 0 aliphatic rings. The number of rotatable bonds is 7. The Morgan fingerprint density at radius 1 is 1.41 bits per heavy atom. The maximum Gasteiger partial charge on any atom is 0.143 e. The molecule has 0 aromatic carbocycles. The van der Waals surface area contributed by atoms with Crippen LogP contribution in [0, 0.1) is 0 Å². The Labute approximate surface area is 111 Å². The van der Waals surface area contributed by atoms with Crippen molar-refractivity contribution in [3.8, 4) is 0 Å². The van der Waals surface area contributed by atoms with E-state index < -0.39 is 0 Å². The first-order chi connectivity index (χ1) is 8.20. The lowest BCUT2D eigenvalue weighted by atomic mass is 10.3. The van der Waals surface area contributed by atoms with E-state index in [1.807, 2.05) is 12.1 Å². The first kappa shape index (κ1) is 14.4. The number of nitrogens with zero attached hydrogens (tertiary/aromatic N) is 2. The van der Waals surface area contributed by atoms with Crippen LogP contribution in [0.2, 0.25) is 0 Å². The predicted molar refractivity (Wildman–Crippen MR) is 72.5 cm³/mol. The van der Waals surface area contributed by atoms with E-state index in [1.54, 1.807) is 20.4 Å². The zero-order valence-corrected chi connectivity index (χ0v) is 12.1. The molecule has 0 fully saturated rings. The van der Waals surface area contributed by atoms with Crippen molar-refractivity contribution in [2.24, 2.45) is 0 Å². The maximum atomic E-state index is 5.20. The van der Waals surface area contributed by atoms with Gasteiger partial charge in [-0.2, -0.15) is 0 Å². The number of aromatic nitrogens is 1. The van der Waals surface area contributed by atoms with Crippen LogP contribution >= 0.6 is 15.9 Å². The van der Waals surface area contributed by atoms with Gasteiger partial charge in [0.2, 0.25) is 0 Å². The van der Waals surface area contributed by atoms with Gasteiger partial charge in [-0.05, 0) is 35.0 Å². The van der Waals surface area contributed by atoms with Crippen molar-refractivity contribution in [1.82, 2.24) is 4.98 Å². The van der Waals surface area contributed by atoms with Gasteiger partial charge in [-0.25, -0.2) is 4.98 Å². The van der Waals surface area contributed by atoms with E-state index in [9.17, 15) is 0 Å². The van der Waals surface area contributed by atoms with Crippen LogP contribution in [0.15, 0.2) is 22.8 Å². The lowest BCUT2D eigenvalue weighted by Gasteiger charge is -2.30. The fourth-order valence-electron chi connectivity index (χ4n) is 1.64. The van der Waals surface area contributed by atoms with Gasteiger partial charge < -0.3 is 14.4 Å². The molecule has 1 unspecified atom stereocenters. The molecule has 0 aliphatic carbocycles. The highest BCUT2D eigenvalue weighted by Gasteiger charge is 2.17. The van der Waals surface area contributed by atoms with E-state index in [1.165, 1.54) is 0 Å². The molecule has 4 nitrogen and oxygen atoms in total. The number of pyridine rings is 1. The van der Waals surface area contributed by atoms with Crippen molar-refractivity contribution in [2.75, 3.05) is 38.9 Å². The standard InChI is InChI=1S/C12H19BrN2O2/c1-10(9-17-3)15(7-8-16-2)12-11(13)5-4-6-14-12/h4-6,10H,7-9H2,1-3H3. The molecular weight excluding hydrogens is 284 g/mol. The number of methoxy groups -OCH3 is 2. The molecule has 1 aromatic heterocycles. The summed E-state index contributed by atoms with van der Waals surface area (Å²) in [7, 11) is 3.41. The third kappa shape index (κ3) is 4.26. The molecule has 17 heavy (non-hydrogen) atoms. The largest absolute Gasteiger partial charge is 0.383 e. The summed E-state index contributed by atoms with van der Waals surface area (Å²) in [6, 6.07) is 4.14. The molecular formula is C12H19BrN2O2. The molecule has 0 amide bonds. The molecule has 1 heterocycles. The molecule has 0 bridgehead atoms. The van der Waals surface area contributed by atoms with Crippen LogP contribution < -0.4 is 4.90 Å². The summed E-state index contributed by atoms with van der Waals surface area (Å²) in [5.74, 6) is 0.925. The zero-order valence-electron chi connectivity index (χ0n) is 10.5. The number of anilines is 1. The third-order valence-corrected chi connectivity index (χ3v) is 3.11. The van der Waals surface area contributed by atoms with E-state index in [-0.39, 0.29) is 6.04 Å². The van der Waals surface area contributed by atoms with Crippen LogP contribution in [-0.4, -0.2) is 45.0 Å². The van der Waals surface area contributed by atoms with Gasteiger partial charge in [-0.3, -0.25) is 0 Å². The average molecular weight is 303 g/mol. The molecule has 1 atom stereocenters. The molecule has 0 N–H and O–H groups in total. The van der Waals surface area contributed by atoms with E-state index >= 15 is 0 Å². The molecule has 96 valence electrons. The van der Waals surface area contributed by atoms with Crippen LogP contribution in [0.5, 0.6) is 0 Å². The van der Waals surface area contributed by atoms with Gasteiger partial charge in [-0.1, -0.05) is 0 Å². The highest BCUT2D eigenvalue weighted by molar-refractivity contribution is 9.10. The Bertz CT molecular complexity index is 336. The topological polar surface area (TPSA) is 34.6 Å². The van der Waals surface area contributed by atoms with E-state index in [4.69, 9.17) is 9.47 Å². The lowest BCUT2D eigenvalue weighted by molar-refractivity contribution is 0.170. The Morgan fingerprint density at radius 3 is 2.76 bits per heavy atom. The van der Waals surface area contributed by atoms with E-state index in [0.29, 0.717) is 13.2 Å². The van der Waals surface area contributed by atoms with Crippen molar-refractivity contribution < 1.29 is 9.47 Å². The summed E-state index contributed by atoms with van der Waals surface area (Å²) in [6.45, 7) is 4.22. The van der Waals surface area contributed by atoms with Crippen molar-refractivity contribution in [2.45, 2.75) is 13.0 Å². The highest BCUT2D eigenvalue weighted by Crippen LogP contribution is 2.24. The van der Waals surface area contributed by atoms with Crippen LogP contribution in [0.1, 0.15) is 6.92 Å². The molecule has 0 radical (unpaired) electrons. The molecule has 0 aliphatic heterocycles.